The average molecular weight is 210 g/mol. The van der Waals surface area contributed by atoms with Gasteiger partial charge in [0, 0.05) is 17.8 Å². The minimum Gasteiger partial charge on any atom is -0.394 e. The minimum absolute atomic E-state index is 0.106. The third kappa shape index (κ3) is 3.21. The molecule has 1 aromatic heterocycles. The van der Waals surface area contributed by atoms with Crippen molar-refractivity contribution in [3.8, 4) is 0 Å². The molecule has 1 amide bonds. The van der Waals surface area contributed by atoms with E-state index in [-0.39, 0.29) is 24.1 Å². The summed E-state index contributed by atoms with van der Waals surface area (Å²) in [6.45, 7) is 1.75. The molecule has 0 aliphatic rings. The van der Waals surface area contributed by atoms with Crippen molar-refractivity contribution in [3.63, 3.8) is 0 Å². The third-order valence-corrected chi connectivity index (χ3v) is 2.09. The van der Waals surface area contributed by atoms with Crippen LogP contribution in [0.15, 0.2) is 23.1 Å². The van der Waals surface area contributed by atoms with E-state index in [0.717, 1.165) is 0 Å². The van der Waals surface area contributed by atoms with Crippen LogP contribution in [0.25, 0.3) is 0 Å². The van der Waals surface area contributed by atoms with Crippen molar-refractivity contribution in [3.05, 3.63) is 34.2 Å². The molecule has 1 rings (SSSR count). The van der Waals surface area contributed by atoms with Gasteiger partial charge in [-0.3, -0.25) is 9.59 Å². The molecule has 5 heteroatoms. The number of aliphatic hydroxyl groups is 1. The molecule has 1 heterocycles. The monoisotopic (exact) mass is 210 g/mol. The summed E-state index contributed by atoms with van der Waals surface area (Å²) >= 11 is 0. The van der Waals surface area contributed by atoms with Crippen LogP contribution in [-0.4, -0.2) is 28.6 Å². The summed E-state index contributed by atoms with van der Waals surface area (Å²) in [6.07, 6.45) is 2.06. The zero-order chi connectivity index (χ0) is 11.3. The van der Waals surface area contributed by atoms with Gasteiger partial charge in [-0.05, 0) is 12.5 Å². The molecule has 0 aliphatic carbocycles. The molecule has 1 aromatic rings. The predicted molar refractivity (Wildman–Crippen MR) is 55.7 cm³/mol. The van der Waals surface area contributed by atoms with Gasteiger partial charge in [0.05, 0.1) is 12.6 Å². The first-order chi connectivity index (χ1) is 7.17. The molecular formula is C10H14N2O3. The second-order valence-electron chi connectivity index (χ2n) is 3.20. The number of amides is 1. The van der Waals surface area contributed by atoms with Gasteiger partial charge in [0.2, 0.25) is 5.56 Å². The zero-order valence-electron chi connectivity index (χ0n) is 8.49. The van der Waals surface area contributed by atoms with Crippen LogP contribution in [0.4, 0.5) is 0 Å². The average Bonchev–Trinajstić information content (AvgIpc) is 2.25. The predicted octanol–water partition coefficient (Wildman–Crippen LogP) is -0.124. The number of aliphatic hydroxyl groups excluding tert-OH is 1. The van der Waals surface area contributed by atoms with Crippen molar-refractivity contribution in [1.29, 1.82) is 0 Å². The Morgan fingerprint density at radius 3 is 2.93 bits per heavy atom. The van der Waals surface area contributed by atoms with E-state index >= 15 is 0 Å². The van der Waals surface area contributed by atoms with Gasteiger partial charge >= 0.3 is 0 Å². The first-order valence-electron chi connectivity index (χ1n) is 4.77. The maximum atomic E-state index is 11.6. The van der Waals surface area contributed by atoms with Gasteiger partial charge in [0.1, 0.15) is 0 Å². The number of rotatable bonds is 4. The number of aromatic amines is 1. The van der Waals surface area contributed by atoms with Crippen molar-refractivity contribution < 1.29 is 9.90 Å². The molecule has 82 valence electrons. The van der Waals surface area contributed by atoms with Gasteiger partial charge in [-0.2, -0.15) is 0 Å². The Hall–Kier alpha value is -1.62. The Kier molecular flexibility index (Phi) is 4.05. The summed E-state index contributed by atoms with van der Waals surface area (Å²) in [7, 11) is 0. The van der Waals surface area contributed by atoms with Crippen molar-refractivity contribution in [2.24, 2.45) is 0 Å². The number of carbonyl (C=O) groups excluding carboxylic acids is 1. The van der Waals surface area contributed by atoms with Gasteiger partial charge in [0.15, 0.2) is 0 Å². The highest BCUT2D eigenvalue weighted by Gasteiger charge is 2.10. The second-order valence-corrected chi connectivity index (χ2v) is 3.20. The summed E-state index contributed by atoms with van der Waals surface area (Å²) in [5, 5.41) is 11.5. The number of pyridine rings is 1. The van der Waals surface area contributed by atoms with E-state index in [2.05, 4.69) is 10.3 Å². The Balaban J connectivity index is 2.73. The topological polar surface area (TPSA) is 82.2 Å². The number of aromatic nitrogens is 1. The van der Waals surface area contributed by atoms with Gasteiger partial charge in [-0.15, -0.1) is 0 Å². The molecule has 0 unspecified atom stereocenters. The Morgan fingerprint density at radius 1 is 1.67 bits per heavy atom. The lowest BCUT2D eigenvalue weighted by molar-refractivity contribution is 0.0914. The summed E-state index contributed by atoms with van der Waals surface area (Å²) in [5.41, 5.74) is -0.0228. The summed E-state index contributed by atoms with van der Waals surface area (Å²) in [5.74, 6) is -0.345. The zero-order valence-corrected chi connectivity index (χ0v) is 8.49. The van der Waals surface area contributed by atoms with Crippen LogP contribution in [0.2, 0.25) is 0 Å². The van der Waals surface area contributed by atoms with Gasteiger partial charge in [-0.25, -0.2) is 0 Å². The minimum atomic E-state index is -0.345. The quantitative estimate of drug-likeness (QED) is 0.647. The summed E-state index contributed by atoms with van der Waals surface area (Å²) < 4.78 is 0. The first-order valence-corrected chi connectivity index (χ1v) is 4.77. The molecule has 0 saturated heterocycles. The van der Waals surface area contributed by atoms with Crippen LogP contribution >= 0.6 is 0 Å². The molecule has 0 aromatic carbocycles. The van der Waals surface area contributed by atoms with Gasteiger partial charge in [-0.1, -0.05) is 6.92 Å². The summed E-state index contributed by atoms with van der Waals surface area (Å²) in [4.78, 5) is 24.9. The lowest BCUT2D eigenvalue weighted by atomic mass is 10.2. The molecule has 1 atom stereocenters. The molecule has 0 fully saturated rings. The van der Waals surface area contributed by atoms with Crippen LogP contribution < -0.4 is 10.9 Å². The van der Waals surface area contributed by atoms with Gasteiger partial charge in [0.25, 0.3) is 5.91 Å². The number of H-pyrrole nitrogens is 1. The van der Waals surface area contributed by atoms with Crippen LogP contribution in [0, 0.1) is 0 Å². The number of hydrogen-bond donors (Lipinski definition) is 3. The van der Waals surface area contributed by atoms with E-state index in [0.29, 0.717) is 12.0 Å². The van der Waals surface area contributed by atoms with Crippen LogP contribution in [0.3, 0.4) is 0 Å². The highest BCUT2D eigenvalue weighted by Crippen LogP contribution is 1.96. The molecular weight excluding hydrogens is 196 g/mol. The van der Waals surface area contributed by atoms with Crippen molar-refractivity contribution in [1.82, 2.24) is 10.3 Å². The fraction of sp³-hybridized carbons (Fsp3) is 0.400. The molecule has 0 radical (unpaired) electrons. The molecule has 0 aliphatic heterocycles. The van der Waals surface area contributed by atoms with Crippen molar-refractivity contribution in [2.75, 3.05) is 6.61 Å². The van der Waals surface area contributed by atoms with E-state index in [4.69, 9.17) is 5.11 Å². The number of nitrogens with one attached hydrogen (secondary N) is 2. The third-order valence-electron chi connectivity index (χ3n) is 2.09. The van der Waals surface area contributed by atoms with Crippen molar-refractivity contribution in [2.45, 2.75) is 19.4 Å². The first kappa shape index (κ1) is 11.5. The van der Waals surface area contributed by atoms with E-state index in [1.165, 1.54) is 18.3 Å². The number of carbonyl (C=O) groups is 1. The van der Waals surface area contributed by atoms with Crippen LogP contribution in [0.5, 0.6) is 0 Å². The largest absolute Gasteiger partial charge is 0.394 e. The van der Waals surface area contributed by atoms with Crippen LogP contribution in [0.1, 0.15) is 23.7 Å². The van der Waals surface area contributed by atoms with E-state index in [1.807, 2.05) is 6.92 Å². The highest BCUT2D eigenvalue weighted by atomic mass is 16.3. The van der Waals surface area contributed by atoms with Crippen molar-refractivity contribution >= 4 is 5.91 Å². The number of hydrogen-bond acceptors (Lipinski definition) is 3. The second kappa shape index (κ2) is 5.31. The van der Waals surface area contributed by atoms with Gasteiger partial charge < -0.3 is 15.4 Å². The lowest BCUT2D eigenvalue weighted by Gasteiger charge is -2.13. The maximum Gasteiger partial charge on any atom is 0.251 e. The Labute approximate surface area is 87.1 Å². The highest BCUT2D eigenvalue weighted by molar-refractivity contribution is 5.94. The van der Waals surface area contributed by atoms with E-state index in [1.54, 1.807) is 0 Å². The Morgan fingerprint density at radius 2 is 2.40 bits per heavy atom. The standard InChI is InChI=1S/C10H14N2O3/c1-2-8(6-13)12-10(15)7-3-4-11-9(14)5-7/h3-5,8,13H,2,6H2,1H3,(H,11,14)(H,12,15)/t8-/m0/s1. The molecule has 0 bridgehead atoms. The summed E-state index contributed by atoms with van der Waals surface area (Å²) in [6, 6.07) is 2.47. The lowest BCUT2D eigenvalue weighted by Crippen LogP contribution is -2.37. The fourth-order valence-electron chi connectivity index (χ4n) is 1.13. The smallest absolute Gasteiger partial charge is 0.251 e. The molecule has 3 N–H and O–H groups in total. The van der Waals surface area contributed by atoms with E-state index in [9.17, 15) is 9.59 Å². The van der Waals surface area contributed by atoms with E-state index < -0.39 is 0 Å². The normalized spacial score (nSPS) is 12.1. The SMILES string of the molecule is CC[C@@H](CO)NC(=O)c1cc[nH]c(=O)c1. The van der Waals surface area contributed by atoms with Crippen LogP contribution in [-0.2, 0) is 0 Å². The molecule has 5 nitrogen and oxygen atoms in total. The Bertz CT molecular complexity index is 382. The fourth-order valence-corrected chi connectivity index (χ4v) is 1.13. The molecule has 0 spiro atoms. The molecule has 15 heavy (non-hydrogen) atoms. The molecule has 0 saturated carbocycles. The maximum absolute atomic E-state index is 11.6.